The SMILES string of the molecule is C[C@@H]1OC(O)[C@H](O)[C@H](O)[C@H]1O[C@H]1O[C@H](CO)[C@@H](O)[C@H](O[C@H]2O[C@H](C)[C@@H](O)C[C@H]2O)[C@@H]1O[C@H]1O[C@H](CO)[C@H](O)[C@H](O[C@@H]2O[C@@H](C)[C@H](O[C@H]3O[C@H](CO)[C@@H](O)[C@H](O[C@H]4O[C@H](C)[C@@H](O)C[C@H]4O)[C@@H]3O[C@H]3O[C@H](CO)[C@H](O)[C@H](O)[C@H]3O)[C@@H](O)[C@H]2O)[C@H]1O. The third-order valence-electron chi connectivity index (χ3n) is 16.3. The van der Waals surface area contributed by atoms with Crippen molar-refractivity contribution in [3.8, 4) is 0 Å². The Labute approximate surface area is 472 Å². The molecule has 1 unspecified atom stereocenters. The molecule has 8 aliphatic rings. The Kier molecular flexibility index (Phi) is 23.3. The molecular formula is C48H82O35. The Balaban J connectivity index is 1.04. The Bertz CT molecular complexity index is 1990. The Hall–Kier alpha value is -1.40. The predicted molar refractivity (Wildman–Crippen MR) is 256 cm³/mol. The molecule has 8 saturated heterocycles. The highest BCUT2D eigenvalue weighted by molar-refractivity contribution is 5.01. The number of hydrogen-bond acceptors (Lipinski definition) is 35. The van der Waals surface area contributed by atoms with Crippen LogP contribution in [0, 0.1) is 0 Å². The second kappa shape index (κ2) is 28.6. The topological polar surface area (TPSA) is 543 Å². The van der Waals surface area contributed by atoms with E-state index in [0.29, 0.717) is 0 Å². The summed E-state index contributed by atoms with van der Waals surface area (Å²) >= 11 is 0. The van der Waals surface area contributed by atoms with Crippen molar-refractivity contribution in [3.05, 3.63) is 0 Å². The van der Waals surface area contributed by atoms with Gasteiger partial charge in [0.05, 0.1) is 63.1 Å². The molecule has 484 valence electrons. The number of aliphatic hydroxyl groups excluding tert-OH is 20. The Morgan fingerprint density at radius 2 is 0.566 bits per heavy atom. The molecule has 8 fully saturated rings. The zero-order chi connectivity index (χ0) is 60.8. The number of hydrogen-bond donors (Lipinski definition) is 20. The van der Waals surface area contributed by atoms with E-state index in [0.717, 1.165) is 0 Å². The summed E-state index contributed by atoms with van der Waals surface area (Å²) < 4.78 is 88.4. The second-order valence-corrected chi connectivity index (χ2v) is 22.1. The van der Waals surface area contributed by atoms with Gasteiger partial charge in [0.2, 0.25) is 0 Å². The minimum Gasteiger partial charge on any atom is -0.394 e. The van der Waals surface area contributed by atoms with E-state index in [9.17, 15) is 102 Å². The molecule has 8 aliphatic heterocycles. The van der Waals surface area contributed by atoms with Gasteiger partial charge in [0.1, 0.15) is 146 Å². The second-order valence-electron chi connectivity index (χ2n) is 22.1. The molecule has 35 nitrogen and oxygen atoms in total. The van der Waals surface area contributed by atoms with E-state index < -0.39 is 260 Å². The zero-order valence-electron chi connectivity index (χ0n) is 45.2. The van der Waals surface area contributed by atoms with Crippen LogP contribution in [0.3, 0.4) is 0 Å². The van der Waals surface area contributed by atoms with Gasteiger partial charge in [-0.1, -0.05) is 0 Å². The molecule has 20 N–H and O–H groups in total. The summed E-state index contributed by atoms with van der Waals surface area (Å²) in [6.45, 7) is 1.68. The number of rotatable bonds is 18. The number of ether oxygens (including phenoxy) is 15. The van der Waals surface area contributed by atoms with Crippen molar-refractivity contribution in [1.29, 1.82) is 0 Å². The monoisotopic (exact) mass is 1220 g/mol. The van der Waals surface area contributed by atoms with Crippen LogP contribution in [0.2, 0.25) is 0 Å². The van der Waals surface area contributed by atoms with Gasteiger partial charge < -0.3 is 173 Å². The summed E-state index contributed by atoms with van der Waals surface area (Å²) in [5.74, 6) is 0. The molecule has 0 aromatic rings. The van der Waals surface area contributed by atoms with Crippen molar-refractivity contribution in [2.24, 2.45) is 0 Å². The standard InChI is InChI=1S/C48H82O35/c1-11-15(53)5-17(55)42(70-11)80-37-25(59)21(9-51)75-47(39(37)82-45-31(65)27(61)23(57)19(7-49)73-45)78-35-14(4)72-44(32(66)29(35)63)79-36-24(58)20(8-50)74-46(33(36)67)83-40-38(81-43-18(56)6-16(54)12(2)71-43)26(60)22(10-52)76-48(40)77-34-13(3)69-41(68)30(64)28(34)62/h11-68H,5-10H2,1-4H3/t11-,12-,13+,14+,15+,16+,17-,18-,19-,20-,21-,22-,23+,24+,25-,26-,27+,28+,29+,30-,31-,32-,33-,34+,35+,36+,37+,38+,39+,40+,41?,42-,43-,44+,45-,46-,47-,48-/m1/s1. The van der Waals surface area contributed by atoms with Crippen LogP contribution in [-0.4, -0.2) is 362 Å². The van der Waals surface area contributed by atoms with E-state index in [-0.39, 0.29) is 12.8 Å². The summed E-state index contributed by atoms with van der Waals surface area (Å²) in [6.07, 6.45) is -67.7. The van der Waals surface area contributed by atoms with E-state index >= 15 is 0 Å². The molecule has 0 aromatic heterocycles. The molecule has 0 bridgehead atoms. The first-order chi connectivity index (χ1) is 39.2. The van der Waals surface area contributed by atoms with Crippen LogP contribution in [0.4, 0.5) is 0 Å². The lowest BCUT2D eigenvalue weighted by atomic mass is 9.95. The highest BCUT2D eigenvalue weighted by Gasteiger charge is 2.59. The van der Waals surface area contributed by atoms with Crippen molar-refractivity contribution in [2.45, 2.75) is 274 Å². The third kappa shape index (κ3) is 14.3. The predicted octanol–water partition coefficient (Wildman–Crippen LogP) is -12.3. The molecule has 83 heavy (non-hydrogen) atoms. The maximum absolute atomic E-state index is 12.0. The van der Waals surface area contributed by atoms with Crippen molar-refractivity contribution in [3.63, 3.8) is 0 Å². The molecule has 38 atom stereocenters. The smallest absolute Gasteiger partial charge is 0.187 e. The Morgan fingerprint density at radius 3 is 1.01 bits per heavy atom. The van der Waals surface area contributed by atoms with Gasteiger partial charge in [0, 0.05) is 12.8 Å². The number of aliphatic hydroxyl groups is 20. The average molecular weight is 1220 g/mol. The molecule has 0 saturated carbocycles. The quantitative estimate of drug-likeness (QED) is 0.0606. The van der Waals surface area contributed by atoms with Gasteiger partial charge >= 0.3 is 0 Å². The minimum absolute atomic E-state index is 0.279. The van der Waals surface area contributed by atoms with Gasteiger partial charge in [0.25, 0.3) is 0 Å². The normalized spacial score (nSPS) is 54.8. The molecule has 8 heterocycles. The molecular weight excluding hydrogens is 1140 g/mol. The van der Waals surface area contributed by atoms with E-state index in [2.05, 4.69) is 0 Å². The van der Waals surface area contributed by atoms with Crippen LogP contribution < -0.4 is 0 Å². The molecule has 0 aliphatic carbocycles. The van der Waals surface area contributed by atoms with E-state index in [4.69, 9.17) is 71.1 Å². The van der Waals surface area contributed by atoms with Crippen LogP contribution in [0.5, 0.6) is 0 Å². The van der Waals surface area contributed by atoms with Crippen molar-refractivity contribution >= 4 is 0 Å². The Morgan fingerprint density at radius 1 is 0.253 bits per heavy atom. The van der Waals surface area contributed by atoms with E-state index in [1.807, 2.05) is 0 Å². The highest BCUT2D eigenvalue weighted by atomic mass is 16.8. The van der Waals surface area contributed by atoms with Gasteiger partial charge in [-0.2, -0.15) is 0 Å². The van der Waals surface area contributed by atoms with Crippen LogP contribution in [0.15, 0.2) is 0 Å². The first-order valence-electron chi connectivity index (χ1n) is 27.4. The van der Waals surface area contributed by atoms with Crippen LogP contribution >= 0.6 is 0 Å². The van der Waals surface area contributed by atoms with Crippen molar-refractivity contribution in [1.82, 2.24) is 0 Å². The van der Waals surface area contributed by atoms with Gasteiger partial charge in [-0.3, -0.25) is 0 Å². The van der Waals surface area contributed by atoms with Crippen molar-refractivity contribution in [2.75, 3.05) is 26.4 Å². The maximum Gasteiger partial charge on any atom is 0.187 e. The summed E-state index contributed by atoms with van der Waals surface area (Å²) in [6, 6.07) is 0. The lowest BCUT2D eigenvalue weighted by molar-refractivity contribution is -0.412. The molecule has 0 radical (unpaired) electrons. The lowest BCUT2D eigenvalue weighted by Crippen LogP contribution is -2.69. The van der Waals surface area contributed by atoms with E-state index in [1.165, 1.54) is 27.7 Å². The molecule has 0 aromatic carbocycles. The van der Waals surface area contributed by atoms with Crippen LogP contribution in [-0.2, 0) is 71.1 Å². The average Bonchev–Trinajstić information content (AvgIpc) is 2.83. The molecule has 35 heteroatoms. The molecule has 0 amide bonds. The fraction of sp³-hybridized carbons (Fsp3) is 1.00. The van der Waals surface area contributed by atoms with Crippen LogP contribution in [0.1, 0.15) is 40.5 Å². The zero-order valence-corrected chi connectivity index (χ0v) is 45.2. The fourth-order valence-corrected chi connectivity index (χ4v) is 11.1. The van der Waals surface area contributed by atoms with E-state index in [1.54, 1.807) is 0 Å². The summed E-state index contributed by atoms with van der Waals surface area (Å²) in [4.78, 5) is 0. The van der Waals surface area contributed by atoms with Gasteiger partial charge in [-0.25, -0.2) is 0 Å². The van der Waals surface area contributed by atoms with Gasteiger partial charge in [-0.05, 0) is 27.7 Å². The first-order valence-corrected chi connectivity index (χ1v) is 27.4. The van der Waals surface area contributed by atoms with Gasteiger partial charge in [0.15, 0.2) is 50.3 Å². The maximum atomic E-state index is 12.0. The first kappa shape index (κ1) is 67.5. The third-order valence-corrected chi connectivity index (χ3v) is 16.3. The minimum atomic E-state index is -2.25. The summed E-state index contributed by atoms with van der Waals surface area (Å²) in [5, 5.41) is 218. The molecule has 0 spiro atoms. The largest absolute Gasteiger partial charge is 0.394 e. The summed E-state index contributed by atoms with van der Waals surface area (Å²) in [7, 11) is 0. The van der Waals surface area contributed by atoms with Crippen molar-refractivity contribution < 1.29 is 173 Å². The van der Waals surface area contributed by atoms with Gasteiger partial charge in [-0.15, -0.1) is 0 Å². The summed E-state index contributed by atoms with van der Waals surface area (Å²) in [5.41, 5.74) is 0. The molecule has 8 rings (SSSR count). The highest BCUT2D eigenvalue weighted by Crippen LogP contribution is 2.40. The van der Waals surface area contributed by atoms with Crippen LogP contribution in [0.25, 0.3) is 0 Å². The lowest BCUT2D eigenvalue weighted by Gasteiger charge is -2.51. The fourth-order valence-electron chi connectivity index (χ4n) is 11.1.